The molecule has 8 heteroatoms. The fourth-order valence-corrected chi connectivity index (χ4v) is 14.7. The number of nitrogens with zero attached hydrogens (tertiary/aromatic N) is 8. The first-order chi connectivity index (χ1) is 51.5. The van der Waals surface area contributed by atoms with Crippen LogP contribution in [0.15, 0.2) is 376 Å². The predicted molar refractivity (Wildman–Crippen MR) is 427 cm³/mol. The molecule has 19 aromatic rings. The van der Waals surface area contributed by atoms with E-state index in [9.17, 15) is 0 Å². The van der Waals surface area contributed by atoms with Gasteiger partial charge in [-0.15, -0.1) is 0 Å². The van der Waals surface area contributed by atoms with Crippen molar-refractivity contribution in [2.75, 3.05) is 0 Å². The topological polar surface area (TPSA) is 87.2 Å². The van der Waals surface area contributed by atoms with Gasteiger partial charge in [0.1, 0.15) is 0 Å². The third-order valence-corrected chi connectivity index (χ3v) is 19.9. The van der Waals surface area contributed by atoms with Crippen molar-refractivity contribution in [3.63, 3.8) is 0 Å². The van der Waals surface area contributed by atoms with Gasteiger partial charge in [0, 0.05) is 66.3 Å². The monoisotopic (exact) mass is 1330 g/mol. The maximum absolute atomic E-state index is 5.27. The average molecular weight is 1330 g/mol. The van der Waals surface area contributed by atoms with Gasteiger partial charge in [0.15, 0.2) is 34.9 Å². The summed E-state index contributed by atoms with van der Waals surface area (Å²) in [7, 11) is 0. The molecule has 0 atom stereocenters. The zero-order valence-electron chi connectivity index (χ0n) is 56.4. The molecule has 104 heavy (non-hydrogen) atoms. The zero-order chi connectivity index (χ0) is 68.9. The van der Waals surface area contributed by atoms with E-state index in [-0.39, 0.29) is 0 Å². The average Bonchev–Trinajstić information content (AvgIpc) is 1.59. The highest BCUT2D eigenvalue weighted by Crippen LogP contribution is 2.43. The molecule has 0 aliphatic rings. The zero-order valence-corrected chi connectivity index (χ0v) is 56.4. The third kappa shape index (κ3) is 11.3. The van der Waals surface area contributed by atoms with E-state index >= 15 is 0 Å². The van der Waals surface area contributed by atoms with E-state index in [0.29, 0.717) is 34.9 Å². The van der Waals surface area contributed by atoms with Crippen LogP contribution in [0.25, 0.3) is 190 Å². The molecule has 0 fully saturated rings. The molecule has 0 aliphatic carbocycles. The molecule has 0 saturated heterocycles. The molecule has 4 heterocycles. The summed E-state index contributed by atoms with van der Waals surface area (Å²) in [6, 6.07) is 133. The van der Waals surface area contributed by atoms with Crippen LogP contribution in [-0.2, 0) is 0 Å². The van der Waals surface area contributed by atoms with E-state index in [4.69, 9.17) is 29.9 Å². The van der Waals surface area contributed by atoms with E-state index in [1.54, 1.807) is 0 Å². The summed E-state index contributed by atoms with van der Waals surface area (Å²) in [6.07, 6.45) is 0. The largest absolute Gasteiger partial charge is 0.309 e. The fourth-order valence-electron chi connectivity index (χ4n) is 14.7. The van der Waals surface area contributed by atoms with Crippen LogP contribution in [0.3, 0.4) is 0 Å². The van der Waals surface area contributed by atoms with Crippen molar-refractivity contribution in [3.05, 3.63) is 376 Å². The van der Waals surface area contributed by atoms with Crippen molar-refractivity contribution in [1.29, 1.82) is 0 Å². The smallest absolute Gasteiger partial charge is 0.164 e. The number of aromatic nitrogens is 8. The predicted octanol–water partition coefficient (Wildman–Crippen LogP) is 24.3. The second kappa shape index (κ2) is 26.2. The molecule has 4 aromatic heterocycles. The standard InChI is InChI=1S/C96H62N8/c1-5-20-63(21-6-1)65-42-50-73(51-43-65)92-97-91(72-24-9-3-10-25-72)98-93(99-92)76-56-48-71(49-57-76)81-32-18-36-87-89(81)83-30-13-16-35-86(83)104(87)80-60-58-70(59-61-80)68-40-38-67(39-41-68)69-46-54-75(55-47-69)95-100-94(74-52-44-66(45-53-74)64-22-7-2-8-23-64)101-96(102-95)78-27-17-26-77(62-78)82-33-19-37-88-90(82)84-31-14-15-34-85(84)103(88)79-28-11-4-12-29-79/h1-62H. The summed E-state index contributed by atoms with van der Waals surface area (Å²) >= 11 is 0. The lowest BCUT2D eigenvalue weighted by Gasteiger charge is -2.12. The lowest BCUT2D eigenvalue weighted by Crippen LogP contribution is -2.00. The molecule has 0 saturated carbocycles. The molecule has 0 amide bonds. The number of fused-ring (bicyclic) bond motifs is 6. The Hall–Kier alpha value is -14.1. The van der Waals surface area contributed by atoms with Crippen molar-refractivity contribution in [1.82, 2.24) is 39.0 Å². The molecule has 0 spiro atoms. The van der Waals surface area contributed by atoms with Gasteiger partial charge in [-0.2, -0.15) is 0 Å². The maximum Gasteiger partial charge on any atom is 0.164 e. The molecule has 0 unspecified atom stereocenters. The van der Waals surface area contributed by atoms with Gasteiger partial charge in [-0.3, -0.25) is 0 Å². The molecule has 0 aliphatic heterocycles. The van der Waals surface area contributed by atoms with Gasteiger partial charge in [0.05, 0.1) is 22.1 Å². The number of para-hydroxylation sites is 3. The number of hydrogen-bond acceptors (Lipinski definition) is 6. The molecule has 0 radical (unpaired) electrons. The van der Waals surface area contributed by atoms with Gasteiger partial charge in [0.25, 0.3) is 0 Å². The van der Waals surface area contributed by atoms with Crippen molar-refractivity contribution >= 4 is 43.6 Å². The molecular weight excluding hydrogens is 1270 g/mol. The second-order valence-corrected chi connectivity index (χ2v) is 26.2. The van der Waals surface area contributed by atoms with Gasteiger partial charge in [0.2, 0.25) is 0 Å². The summed E-state index contributed by atoms with van der Waals surface area (Å²) in [5, 5.41) is 4.78. The van der Waals surface area contributed by atoms with Crippen LogP contribution in [0.2, 0.25) is 0 Å². The number of rotatable bonds is 14. The van der Waals surface area contributed by atoms with E-state index in [2.05, 4.69) is 343 Å². The summed E-state index contributed by atoms with van der Waals surface area (Å²) < 4.78 is 4.75. The van der Waals surface area contributed by atoms with Crippen molar-refractivity contribution in [2.45, 2.75) is 0 Å². The molecule has 0 N–H and O–H groups in total. The van der Waals surface area contributed by atoms with Crippen LogP contribution < -0.4 is 0 Å². The highest BCUT2D eigenvalue weighted by molar-refractivity contribution is 6.17. The molecule has 15 aromatic carbocycles. The van der Waals surface area contributed by atoms with Crippen LogP contribution in [0.5, 0.6) is 0 Å². The van der Waals surface area contributed by atoms with Crippen LogP contribution in [0.4, 0.5) is 0 Å². The summed E-state index contributed by atoms with van der Waals surface area (Å²) in [6.45, 7) is 0. The minimum Gasteiger partial charge on any atom is -0.309 e. The van der Waals surface area contributed by atoms with Crippen LogP contribution in [0, 0.1) is 0 Å². The Kier molecular flexibility index (Phi) is 15.4. The normalized spacial score (nSPS) is 11.5. The Bertz CT molecular complexity index is 6380. The van der Waals surface area contributed by atoms with Gasteiger partial charge >= 0.3 is 0 Å². The first kappa shape index (κ1) is 61.0. The van der Waals surface area contributed by atoms with Crippen LogP contribution in [0.1, 0.15) is 0 Å². The number of benzene rings is 15. The summed E-state index contributed by atoms with van der Waals surface area (Å²) in [5.41, 5.74) is 25.8. The van der Waals surface area contributed by atoms with E-state index < -0.39 is 0 Å². The van der Waals surface area contributed by atoms with Crippen LogP contribution >= 0.6 is 0 Å². The first-order valence-electron chi connectivity index (χ1n) is 35.1. The summed E-state index contributed by atoms with van der Waals surface area (Å²) in [4.78, 5) is 30.9. The molecule has 0 bridgehead atoms. The van der Waals surface area contributed by atoms with E-state index in [1.807, 2.05) is 42.5 Å². The van der Waals surface area contributed by atoms with Crippen molar-refractivity contribution in [2.24, 2.45) is 0 Å². The highest BCUT2D eigenvalue weighted by Gasteiger charge is 2.21. The Balaban J connectivity index is 0.603. The fraction of sp³-hybridized carbons (Fsp3) is 0. The van der Waals surface area contributed by atoms with Gasteiger partial charge in [-0.1, -0.05) is 322 Å². The number of hydrogen-bond donors (Lipinski definition) is 0. The first-order valence-corrected chi connectivity index (χ1v) is 35.1. The molecule has 19 rings (SSSR count). The Morgan fingerprint density at radius 3 is 0.788 bits per heavy atom. The Labute approximate surface area is 601 Å². The minimum atomic E-state index is 0.597. The second-order valence-electron chi connectivity index (χ2n) is 26.2. The van der Waals surface area contributed by atoms with E-state index in [0.717, 1.165) is 134 Å². The van der Waals surface area contributed by atoms with Gasteiger partial charge < -0.3 is 9.13 Å². The molecular formula is C96H62N8. The SMILES string of the molecule is c1ccc(-c2ccc(-c3nc(-c4ccccc4)nc(-c4ccc(-c5cccc6c5c5ccccc5n6-c5ccc(-c6ccc(-c7ccc(-c8nc(-c9ccc(-c%10ccccc%10)cc9)nc(-c9cccc(-c%10cccc%11c%10c%10ccccc%10n%11-c%10ccccc%10)c9)n8)cc7)cc6)cc5)cc4)n3)cc2)cc1. The van der Waals surface area contributed by atoms with Crippen LogP contribution in [-0.4, -0.2) is 39.0 Å². The van der Waals surface area contributed by atoms with Gasteiger partial charge in [-0.25, -0.2) is 29.9 Å². The lowest BCUT2D eigenvalue weighted by atomic mass is 9.97. The van der Waals surface area contributed by atoms with Gasteiger partial charge in [-0.05, 0) is 121 Å². The minimum absolute atomic E-state index is 0.597. The quantitative estimate of drug-likeness (QED) is 0.108. The highest BCUT2D eigenvalue weighted by atomic mass is 15.0. The Morgan fingerprint density at radius 2 is 0.394 bits per heavy atom. The third-order valence-electron chi connectivity index (χ3n) is 19.9. The molecule has 486 valence electrons. The van der Waals surface area contributed by atoms with E-state index in [1.165, 1.54) is 21.5 Å². The van der Waals surface area contributed by atoms with Crippen molar-refractivity contribution < 1.29 is 0 Å². The van der Waals surface area contributed by atoms with Crippen molar-refractivity contribution in [3.8, 4) is 146 Å². The lowest BCUT2D eigenvalue weighted by molar-refractivity contribution is 1.07. The molecule has 8 nitrogen and oxygen atoms in total. The summed E-state index contributed by atoms with van der Waals surface area (Å²) in [5.74, 6) is 3.67. The Morgan fingerprint density at radius 1 is 0.154 bits per heavy atom. The maximum atomic E-state index is 5.27.